The molecule has 0 aliphatic carbocycles. The van der Waals surface area contributed by atoms with Gasteiger partial charge in [-0.15, -0.1) is 0 Å². The number of nitrogen functional groups attached to an aromatic ring is 1. The summed E-state index contributed by atoms with van der Waals surface area (Å²) in [6, 6.07) is 5.83. The number of aryl methyl sites for hydroxylation is 2. The molecule has 114 valence electrons. The lowest BCUT2D eigenvalue weighted by molar-refractivity contribution is 0.319. The molecule has 1 aromatic heterocycles. The van der Waals surface area contributed by atoms with E-state index >= 15 is 0 Å². The van der Waals surface area contributed by atoms with Gasteiger partial charge in [0, 0.05) is 17.3 Å². The Balaban J connectivity index is 2.16. The van der Waals surface area contributed by atoms with E-state index in [1.807, 2.05) is 32.0 Å². The number of hydrogen-bond acceptors (Lipinski definition) is 5. The topological polar surface area (TPSA) is 73.3 Å². The zero-order valence-corrected chi connectivity index (χ0v) is 13.1. The van der Waals surface area contributed by atoms with Crippen LogP contribution in [0.15, 0.2) is 22.7 Å². The number of nitrogens with one attached hydrogen (secondary N) is 1. The molecule has 0 saturated carbocycles. The Kier molecular flexibility index (Phi) is 4.73. The van der Waals surface area contributed by atoms with Gasteiger partial charge >= 0.3 is 0 Å². The standard InChI is InChI=1S/C16H23N3O2/c1-5-8-20-15-9-13(6-7-14(15)17)18-10(2)16-11(3)19-21-12(16)4/h6-7,9-10,18H,5,8,17H2,1-4H3. The van der Waals surface area contributed by atoms with Crippen molar-refractivity contribution in [1.82, 2.24) is 5.16 Å². The summed E-state index contributed by atoms with van der Waals surface area (Å²) >= 11 is 0. The number of ether oxygens (including phenoxy) is 1. The monoisotopic (exact) mass is 289 g/mol. The molecule has 0 spiro atoms. The average molecular weight is 289 g/mol. The molecule has 1 atom stereocenters. The van der Waals surface area contributed by atoms with Crippen LogP contribution < -0.4 is 15.8 Å². The first-order valence-electron chi connectivity index (χ1n) is 7.24. The highest BCUT2D eigenvalue weighted by Gasteiger charge is 2.16. The van der Waals surface area contributed by atoms with Gasteiger partial charge in [0.2, 0.25) is 0 Å². The highest BCUT2D eigenvalue weighted by Crippen LogP contribution is 2.29. The maximum atomic E-state index is 5.93. The number of rotatable bonds is 6. The highest BCUT2D eigenvalue weighted by molar-refractivity contribution is 5.62. The number of hydrogen-bond donors (Lipinski definition) is 2. The van der Waals surface area contributed by atoms with Crippen LogP contribution in [0.5, 0.6) is 5.75 Å². The molecule has 2 rings (SSSR count). The van der Waals surface area contributed by atoms with Gasteiger partial charge in [0.25, 0.3) is 0 Å². The van der Waals surface area contributed by atoms with Crippen molar-refractivity contribution in [1.29, 1.82) is 0 Å². The summed E-state index contributed by atoms with van der Waals surface area (Å²) in [5.74, 6) is 1.55. The largest absolute Gasteiger partial charge is 0.491 e. The third kappa shape index (κ3) is 3.48. The second-order valence-corrected chi connectivity index (χ2v) is 5.20. The van der Waals surface area contributed by atoms with E-state index in [1.165, 1.54) is 0 Å². The van der Waals surface area contributed by atoms with Crippen molar-refractivity contribution in [2.45, 2.75) is 40.2 Å². The van der Waals surface area contributed by atoms with Crippen LogP contribution in [-0.2, 0) is 0 Å². The third-order valence-corrected chi connectivity index (χ3v) is 3.38. The van der Waals surface area contributed by atoms with Crippen LogP contribution in [0.25, 0.3) is 0 Å². The summed E-state index contributed by atoms with van der Waals surface area (Å²) in [5.41, 5.74) is 9.53. The normalized spacial score (nSPS) is 12.2. The molecule has 5 nitrogen and oxygen atoms in total. The number of nitrogens with zero attached hydrogens (tertiary/aromatic N) is 1. The molecule has 0 bridgehead atoms. The van der Waals surface area contributed by atoms with Crippen LogP contribution in [-0.4, -0.2) is 11.8 Å². The maximum Gasteiger partial charge on any atom is 0.144 e. The first-order valence-corrected chi connectivity index (χ1v) is 7.24. The Hall–Kier alpha value is -2.17. The van der Waals surface area contributed by atoms with Gasteiger partial charge in [0.1, 0.15) is 11.5 Å². The van der Waals surface area contributed by atoms with E-state index in [9.17, 15) is 0 Å². The predicted molar refractivity (Wildman–Crippen MR) is 84.7 cm³/mol. The predicted octanol–water partition coefficient (Wildman–Crippen LogP) is 3.84. The number of anilines is 2. The van der Waals surface area contributed by atoms with Crippen LogP contribution in [0.4, 0.5) is 11.4 Å². The fourth-order valence-electron chi connectivity index (χ4n) is 2.39. The lowest BCUT2D eigenvalue weighted by atomic mass is 10.1. The first-order chi connectivity index (χ1) is 10.0. The van der Waals surface area contributed by atoms with Crippen LogP contribution >= 0.6 is 0 Å². The van der Waals surface area contributed by atoms with Crippen molar-refractivity contribution in [3.8, 4) is 5.75 Å². The fourth-order valence-corrected chi connectivity index (χ4v) is 2.39. The van der Waals surface area contributed by atoms with E-state index in [-0.39, 0.29) is 6.04 Å². The van der Waals surface area contributed by atoms with E-state index < -0.39 is 0 Å². The summed E-state index contributed by atoms with van der Waals surface area (Å²) in [7, 11) is 0. The molecule has 0 fully saturated rings. The molecule has 0 radical (unpaired) electrons. The average Bonchev–Trinajstić information content (AvgIpc) is 2.78. The Bertz CT molecular complexity index is 588. The summed E-state index contributed by atoms with van der Waals surface area (Å²) < 4.78 is 10.9. The van der Waals surface area contributed by atoms with Gasteiger partial charge in [-0.1, -0.05) is 12.1 Å². The molecular weight excluding hydrogens is 266 g/mol. The maximum absolute atomic E-state index is 5.93. The smallest absolute Gasteiger partial charge is 0.144 e. The minimum atomic E-state index is 0.0962. The van der Waals surface area contributed by atoms with Gasteiger partial charge in [-0.3, -0.25) is 0 Å². The first kappa shape index (κ1) is 15.2. The molecular formula is C16H23N3O2. The molecule has 3 N–H and O–H groups in total. The quantitative estimate of drug-likeness (QED) is 0.790. The van der Waals surface area contributed by atoms with Crippen LogP contribution in [0, 0.1) is 13.8 Å². The molecule has 0 saturated heterocycles. The van der Waals surface area contributed by atoms with Gasteiger partial charge < -0.3 is 20.3 Å². The van der Waals surface area contributed by atoms with Gasteiger partial charge in [-0.25, -0.2) is 0 Å². The van der Waals surface area contributed by atoms with Gasteiger partial charge in [-0.05, 0) is 39.3 Å². The minimum Gasteiger partial charge on any atom is -0.491 e. The zero-order valence-electron chi connectivity index (χ0n) is 13.1. The van der Waals surface area contributed by atoms with E-state index in [2.05, 4.69) is 24.3 Å². The molecule has 0 amide bonds. The Labute approximate surface area is 125 Å². The molecule has 1 heterocycles. The molecule has 1 unspecified atom stereocenters. The summed E-state index contributed by atoms with van der Waals surface area (Å²) in [5, 5.41) is 7.43. The van der Waals surface area contributed by atoms with Crippen LogP contribution in [0.3, 0.4) is 0 Å². The van der Waals surface area contributed by atoms with Crippen LogP contribution in [0.2, 0.25) is 0 Å². The second-order valence-electron chi connectivity index (χ2n) is 5.20. The molecule has 0 aliphatic rings. The minimum absolute atomic E-state index is 0.0962. The van der Waals surface area contributed by atoms with E-state index in [1.54, 1.807) is 0 Å². The van der Waals surface area contributed by atoms with Crippen molar-refractivity contribution >= 4 is 11.4 Å². The van der Waals surface area contributed by atoms with Crippen molar-refractivity contribution < 1.29 is 9.26 Å². The number of aromatic nitrogens is 1. The highest BCUT2D eigenvalue weighted by atomic mass is 16.5. The second kappa shape index (κ2) is 6.52. The lowest BCUT2D eigenvalue weighted by Crippen LogP contribution is -2.09. The van der Waals surface area contributed by atoms with Gasteiger partial charge in [0.05, 0.1) is 24.0 Å². The Morgan fingerprint density at radius 2 is 2.14 bits per heavy atom. The number of nitrogens with two attached hydrogens (primary N) is 1. The SMILES string of the molecule is CCCOc1cc(NC(C)c2c(C)noc2C)ccc1N. The van der Waals surface area contributed by atoms with Crippen molar-refractivity contribution in [3.05, 3.63) is 35.2 Å². The van der Waals surface area contributed by atoms with Gasteiger partial charge in [0.15, 0.2) is 0 Å². The molecule has 2 aromatic rings. The van der Waals surface area contributed by atoms with Crippen molar-refractivity contribution in [3.63, 3.8) is 0 Å². The molecule has 0 aliphatic heterocycles. The molecule has 21 heavy (non-hydrogen) atoms. The number of benzene rings is 1. The van der Waals surface area contributed by atoms with E-state index in [0.717, 1.165) is 29.1 Å². The van der Waals surface area contributed by atoms with Crippen molar-refractivity contribution in [2.75, 3.05) is 17.7 Å². The molecule has 1 aromatic carbocycles. The molecule has 5 heteroatoms. The van der Waals surface area contributed by atoms with E-state index in [0.29, 0.717) is 18.0 Å². The zero-order chi connectivity index (χ0) is 15.4. The fraction of sp³-hybridized carbons (Fsp3) is 0.438. The Morgan fingerprint density at radius 3 is 2.76 bits per heavy atom. The third-order valence-electron chi connectivity index (χ3n) is 3.38. The van der Waals surface area contributed by atoms with E-state index in [4.69, 9.17) is 15.0 Å². The van der Waals surface area contributed by atoms with Crippen molar-refractivity contribution in [2.24, 2.45) is 0 Å². The van der Waals surface area contributed by atoms with Crippen LogP contribution in [0.1, 0.15) is 43.3 Å². The lowest BCUT2D eigenvalue weighted by Gasteiger charge is -2.17. The summed E-state index contributed by atoms with van der Waals surface area (Å²) in [6.07, 6.45) is 0.951. The van der Waals surface area contributed by atoms with Gasteiger partial charge in [-0.2, -0.15) is 0 Å². The summed E-state index contributed by atoms with van der Waals surface area (Å²) in [6.45, 7) is 8.68. The Morgan fingerprint density at radius 1 is 1.38 bits per heavy atom. The summed E-state index contributed by atoms with van der Waals surface area (Å²) in [4.78, 5) is 0.